The standard InChI is InChI=1S/C13H18BrFN2/c1-9(16-11-5-6-17(2)8-11)12-4-3-10(14)7-13(12)15/h3-4,7,9,11,16H,5-6,8H2,1-2H3. The van der Waals surface area contributed by atoms with E-state index in [0.717, 1.165) is 29.5 Å². The number of rotatable bonds is 3. The van der Waals surface area contributed by atoms with E-state index in [1.807, 2.05) is 19.1 Å². The monoisotopic (exact) mass is 300 g/mol. The number of likely N-dealkylation sites (tertiary alicyclic amines) is 1. The van der Waals surface area contributed by atoms with E-state index >= 15 is 0 Å². The first-order valence-electron chi connectivity index (χ1n) is 5.96. The number of nitrogens with zero attached hydrogens (tertiary/aromatic N) is 1. The summed E-state index contributed by atoms with van der Waals surface area (Å²) >= 11 is 3.27. The molecule has 1 fully saturated rings. The maximum Gasteiger partial charge on any atom is 0.129 e. The second-order valence-corrected chi connectivity index (χ2v) is 5.72. The van der Waals surface area contributed by atoms with Gasteiger partial charge in [-0.2, -0.15) is 0 Å². The van der Waals surface area contributed by atoms with Gasteiger partial charge < -0.3 is 10.2 Å². The van der Waals surface area contributed by atoms with Gasteiger partial charge in [0.1, 0.15) is 5.82 Å². The molecule has 1 aliphatic heterocycles. The Hall–Kier alpha value is -0.450. The highest BCUT2D eigenvalue weighted by molar-refractivity contribution is 9.10. The molecule has 1 aromatic rings. The van der Waals surface area contributed by atoms with Crippen molar-refractivity contribution in [3.05, 3.63) is 34.1 Å². The van der Waals surface area contributed by atoms with Crippen LogP contribution < -0.4 is 5.32 Å². The van der Waals surface area contributed by atoms with E-state index in [1.165, 1.54) is 6.07 Å². The normalized spacial score (nSPS) is 22.9. The van der Waals surface area contributed by atoms with E-state index in [2.05, 4.69) is 33.2 Å². The first-order chi connectivity index (χ1) is 8.06. The van der Waals surface area contributed by atoms with Crippen molar-refractivity contribution in [3.63, 3.8) is 0 Å². The summed E-state index contributed by atoms with van der Waals surface area (Å²) in [6.07, 6.45) is 1.14. The molecule has 0 radical (unpaired) electrons. The van der Waals surface area contributed by atoms with E-state index < -0.39 is 0 Å². The molecule has 1 aliphatic rings. The lowest BCUT2D eigenvalue weighted by molar-refractivity contribution is 0.384. The molecule has 0 aliphatic carbocycles. The molecule has 0 spiro atoms. The highest BCUT2D eigenvalue weighted by atomic mass is 79.9. The van der Waals surface area contributed by atoms with Gasteiger partial charge in [-0.1, -0.05) is 22.0 Å². The first kappa shape index (κ1) is 13.0. The SMILES string of the molecule is CC(NC1CCN(C)C1)c1ccc(Br)cc1F. The molecule has 2 rings (SSSR count). The number of likely N-dealkylation sites (N-methyl/N-ethyl adjacent to an activating group) is 1. The van der Waals surface area contributed by atoms with Crippen molar-refractivity contribution in [3.8, 4) is 0 Å². The van der Waals surface area contributed by atoms with Crippen molar-refractivity contribution in [2.45, 2.75) is 25.4 Å². The second-order valence-electron chi connectivity index (χ2n) is 4.80. The van der Waals surface area contributed by atoms with Crippen LogP contribution >= 0.6 is 15.9 Å². The third-order valence-corrected chi connectivity index (χ3v) is 3.80. The van der Waals surface area contributed by atoms with E-state index in [-0.39, 0.29) is 11.9 Å². The zero-order chi connectivity index (χ0) is 12.4. The van der Waals surface area contributed by atoms with E-state index in [9.17, 15) is 4.39 Å². The lowest BCUT2D eigenvalue weighted by Gasteiger charge is -2.20. The molecule has 2 nitrogen and oxygen atoms in total. The molecule has 1 saturated heterocycles. The van der Waals surface area contributed by atoms with Gasteiger partial charge in [0.2, 0.25) is 0 Å². The number of halogens is 2. The van der Waals surface area contributed by atoms with Crippen LogP contribution in [0.25, 0.3) is 0 Å². The molecule has 1 heterocycles. The number of nitrogens with one attached hydrogen (secondary N) is 1. The summed E-state index contributed by atoms with van der Waals surface area (Å²) in [5.41, 5.74) is 0.739. The fraction of sp³-hybridized carbons (Fsp3) is 0.538. The highest BCUT2D eigenvalue weighted by Crippen LogP contribution is 2.22. The van der Waals surface area contributed by atoms with Gasteiger partial charge in [0.15, 0.2) is 0 Å². The largest absolute Gasteiger partial charge is 0.306 e. The van der Waals surface area contributed by atoms with Crippen molar-refractivity contribution in [1.82, 2.24) is 10.2 Å². The minimum atomic E-state index is -0.147. The van der Waals surface area contributed by atoms with Gasteiger partial charge in [-0.05, 0) is 39.1 Å². The maximum absolute atomic E-state index is 13.8. The van der Waals surface area contributed by atoms with Gasteiger partial charge in [-0.25, -0.2) is 4.39 Å². The highest BCUT2D eigenvalue weighted by Gasteiger charge is 2.22. The molecule has 1 N–H and O–H groups in total. The van der Waals surface area contributed by atoms with Crippen LogP contribution in [0.1, 0.15) is 24.9 Å². The summed E-state index contributed by atoms with van der Waals surface area (Å²) in [6.45, 7) is 4.18. The molecule has 17 heavy (non-hydrogen) atoms. The summed E-state index contributed by atoms with van der Waals surface area (Å²) in [5.74, 6) is -0.147. The van der Waals surface area contributed by atoms with E-state index in [4.69, 9.17) is 0 Å². The van der Waals surface area contributed by atoms with Gasteiger partial charge in [-0.15, -0.1) is 0 Å². The molecule has 0 bridgehead atoms. The topological polar surface area (TPSA) is 15.3 Å². The molecule has 4 heteroatoms. The molecule has 0 saturated carbocycles. The molecule has 94 valence electrons. The number of hydrogen-bond acceptors (Lipinski definition) is 2. The Morgan fingerprint density at radius 3 is 2.88 bits per heavy atom. The first-order valence-corrected chi connectivity index (χ1v) is 6.75. The third-order valence-electron chi connectivity index (χ3n) is 3.31. The van der Waals surface area contributed by atoms with Crippen molar-refractivity contribution in [2.24, 2.45) is 0 Å². The van der Waals surface area contributed by atoms with Crippen LogP contribution in [0.4, 0.5) is 4.39 Å². The fourth-order valence-corrected chi connectivity index (χ4v) is 2.70. The van der Waals surface area contributed by atoms with Crippen LogP contribution in [-0.2, 0) is 0 Å². The lowest BCUT2D eigenvalue weighted by Crippen LogP contribution is -2.33. The zero-order valence-electron chi connectivity index (χ0n) is 10.2. The van der Waals surface area contributed by atoms with Crippen molar-refractivity contribution >= 4 is 15.9 Å². The fourth-order valence-electron chi connectivity index (χ4n) is 2.37. The Morgan fingerprint density at radius 1 is 1.53 bits per heavy atom. The van der Waals surface area contributed by atoms with Crippen LogP contribution in [0.15, 0.2) is 22.7 Å². The molecule has 0 amide bonds. The predicted octanol–water partition coefficient (Wildman–Crippen LogP) is 2.94. The second kappa shape index (κ2) is 5.46. The Bertz CT molecular complexity index is 397. The molecular formula is C13H18BrFN2. The van der Waals surface area contributed by atoms with Crippen molar-refractivity contribution in [1.29, 1.82) is 0 Å². The number of benzene rings is 1. The molecule has 1 aromatic carbocycles. The number of hydrogen-bond donors (Lipinski definition) is 1. The van der Waals surface area contributed by atoms with Gasteiger partial charge in [0.25, 0.3) is 0 Å². The summed E-state index contributed by atoms with van der Waals surface area (Å²) < 4.78 is 14.6. The van der Waals surface area contributed by atoms with Crippen LogP contribution in [0, 0.1) is 5.82 Å². The minimum Gasteiger partial charge on any atom is -0.306 e. The smallest absolute Gasteiger partial charge is 0.129 e. The Morgan fingerprint density at radius 2 is 2.29 bits per heavy atom. The van der Waals surface area contributed by atoms with Gasteiger partial charge in [-0.3, -0.25) is 0 Å². The summed E-state index contributed by atoms with van der Waals surface area (Å²) in [4.78, 5) is 2.29. The van der Waals surface area contributed by atoms with Crippen molar-refractivity contribution < 1.29 is 4.39 Å². The Labute approximate surface area is 110 Å². The third kappa shape index (κ3) is 3.27. The van der Waals surface area contributed by atoms with E-state index in [0.29, 0.717) is 6.04 Å². The van der Waals surface area contributed by atoms with Gasteiger partial charge >= 0.3 is 0 Å². The van der Waals surface area contributed by atoms with Gasteiger partial charge in [0, 0.05) is 28.7 Å². The maximum atomic E-state index is 13.8. The molecule has 2 atom stereocenters. The summed E-state index contributed by atoms with van der Waals surface area (Å²) in [5, 5.41) is 3.49. The van der Waals surface area contributed by atoms with Crippen LogP contribution in [0.5, 0.6) is 0 Å². The average molecular weight is 301 g/mol. The zero-order valence-corrected chi connectivity index (χ0v) is 11.8. The summed E-state index contributed by atoms with van der Waals surface area (Å²) in [7, 11) is 2.12. The van der Waals surface area contributed by atoms with Crippen LogP contribution in [0.2, 0.25) is 0 Å². The predicted molar refractivity (Wildman–Crippen MR) is 71.6 cm³/mol. The van der Waals surface area contributed by atoms with Crippen LogP contribution in [-0.4, -0.2) is 31.1 Å². The lowest BCUT2D eigenvalue weighted by atomic mass is 10.1. The molecule has 0 aromatic heterocycles. The van der Waals surface area contributed by atoms with Crippen LogP contribution in [0.3, 0.4) is 0 Å². The molecule has 2 unspecified atom stereocenters. The van der Waals surface area contributed by atoms with Crippen molar-refractivity contribution in [2.75, 3.05) is 20.1 Å². The quantitative estimate of drug-likeness (QED) is 0.923. The Kier molecular flexibility index (Phi) is 4.17. The minimum absolute atomic E-state index is 0.0552. The summed E-state index contributed by atoms with van der Waals surface area (Å²) in [6, 6.07) is 5.78. The Balaban J connectivity index is 2.01. The average Bonchev–Trinajstić information content (AvgIpc) is 2.63. The van der Waals surface area contributed by atoms with E-state index in [1.54, 1.807) is 0 Å². The van der Waals surface area contributed by atoms with Gasteiger partial charge in [0.05, 0.1) is 0 Å². The molecular weight excluding hydrogens is 283 g/mol.